The van der Waals surface area contributed by atoms with E-state index >= 15 is 0 Å². The summed E-state index contributed by atoms with van der Waals surface area (Å²) in [4.78, 5) is 39.4. The summed E-state index contributed by atoms with van der Waals surface area (Å²) in [6.07, 6.45) is -0.583. The minimum absolute atomic E-state index is 0.0843. The van der Waals surface area contributed by atoms with Crippen molar-refractivity contribution >= 4 is 39.3 Å². The molecular weight excluding hydrogens is 536 g/mol. The Kier molecular flexibility index (Phi) is 9.01. The van der Waals surface area contributed by atoms with Crippen LogP contribution in [0.15, 0.2) is 53.4 Å². The fourth-order valence-corrected chi connectivity index (χ4v) is 5.69. The summed E-state index contributed by atoms with van der Waals surface area (Å²) < 4.78 is 34.4. The molecule has 11 nitrogen and oxygen atoms in total. The number of hydrogen-bond acceptors (Lipinski definition) is 7. The molecule has 0 unspecified atom stereocenters. The summed E-state index contributed by atoms with van der Waals surface area (Å²) in [5.74, 6) is -0.539. The first-order valence-corrected chi connectivity index (χ1v) is 13.8. The average Bonchev–Trinajstić information content (AvgIpc) is 2.83. The van der Waals surface area contributed by atoms with E-state index in [4.69, 9.17) is 16.3 Å². The molecule has 1 saturated heterocycles. The number of nitrogens with zero attached hydrogens (tertiary/aromatic N) is 3. The van der Waals surface area contributed by atoms with Gasteiger partial charge in [-0.15, -0.1) is 0 Å². The van der Waals surface area contributed by atoms with Crippen LogP contribution >= 0.6 is 11.6 Å². The summed E-state index contributed by atoms with van der Waals surface area (Å²) in [7, 11) is -4.48. The lowest BCUT2D eigenvalue weighted by molar-refractivity contribution is -0.387. The first kappa shape index (κ1) is 29.3. The van der Waals surface area contributed by atoms with E-state index in [0.29, 0.717) is 10.6 Å². The predicted octanol–water partition coefficient (Wildman–Crippen LogP) is 3.61. The molecule has 206 valence electrons. The van der Waals surface area contributed by atoms with Crippen LogP contribution in [0.1, 0.15) is 33.3 Å². The zero-order chi connectivity index (χ0) is 28.3. The molecule has 0 spiro atoms. The number of carbonyl (C=O) groups is 2. The molecule has 1 heterocycles. The molecule has 2 atom stereocenters. The number of nitro groups is 1. The maximum atomic E-state index is 13.7. The van der Waals surface area contributed by atoms with Crippen molar-refractivity contribution in [2.45, 2.75) is 56.7 Å². The van der Waals surface area contributed by atoms with Crippen molar-refractivity contribution in [3.63, 3.8) is 0 Å². The first-order valence-electron chi connectivity index (χ1n) is 12.0. The largest absolute Gasteiger partial charge is 0.444 e. The minimum atomic E-state index is -4.48. The molecule has 1 N–H and O–H groups in total. The van der Waals surface area contributed by atoms with Crippen LogP contribution in [0.5, 0.6) is 0 Å². The van der Waals surface area contributed by atoms with E-state index in [2.05, 4.69) is 4.72 Å². The summed E-state index contributed by atoms with van der Waals surface area (Å²) in [5, 5.41) is 11.8. The van der Waals surface area contributed by atoms with Crippen molar-refractivity contribution in [2.75, 3.05) is 19.6 Å². The van der Waals surface area contributed by atoms with E-state index in [9.17, 15) is 28.1 Å². The van der Waals surface area contributed by atoms with E-state index in [1.54, 1.807) is 52.0 Å². The van der Waals surface area contributed by atoms with Crippen LogP contribution in [-0.2, 0) is 26.0 Å². The summed E-state index contributed by atoms with van der Waals surface area (Å²) >= 11 is 6.29. The van der Waals surface area contributed by atoms with Gasteiger partial charge in [-0.25, -0.2) is 13.2 Å². The van der Waals surface area contributed by atoms with Crippen molar-refractivity contribution < 1.29 is 27.7 Å². The molecule has 0 aromatic heterocycles. The quantitative estimate of drug-likeness (QED) is 0.399. The van der Waals surface area contributed by atoms with E-state index in [-0.39, 0.29) is 26.1 Å². The Morgan fingerprint density at radius 2 is 1.79 bits per heavy atom. The Bertz CT molecular complexity index is 1310. The number of para-hydroxylation sites is 1. The minimum Gasteiger partial charge on any atom is -0.444 e. The molecule has 0 radical (unpaired) electrons. The SMILES string of the molecule is C[C@H]1CN(C(=O)[C@H](Cc2ccccc2Cl)NS(=O)(=O)c2ccccc2[N+](=O)[O-])CCN1C(=O)OC(C)(C)C. The zero-order valence-electron chi connectivity index (χ0n) is 21.6. The smallest absolute Gasteiger partial charge is 0.410 e. The molecule has 0 aliphatic carbocycles. The number of benzene rings is 2. The zero-order valence-corrected chi connectivity index (χ0v) is 23.2. The Hall–Kier alpha value is -3.22. The van der Waals surface area contributed by atoms with Gasteiger partial charge in [-0.05, 0) is 51.8 Å². The van der Waals surface area contributed by atoms with Crippen LogP contribution in [0.25, 0.3) is 0 Å². The predicted molar refractivity (Wildman–Crippen MR) is 141 cm³/mol. The van der Waals surface area contributed by atoms with Crippen molar-refractivity contribution in [3.05, 3.63) is 69.2 Å². The van der Waals surface area contributed by atoms with Crippen LogP contribution < -0.4 is 4.72 Å². The van der Waals surface area contributed by atoms with Gasteiger partial charge < -0.3 is 14.5 Å². The van der Waals surface area contributed by atoms with Crippen LogP contribution in [0, 0.1) is 10.1 Å². The van der Waals surface area contributed by atoms with Crippen molar-refractivity contribution in [1.29, 1.82) is 0 Å². The number of rotatable bonds is 7. The van der Waals surface area contributed by atoms with Gasteiger partial charge in [-0.3, -0.25) is 14.9 Å². The van der Waals surface area contributed by atoms with Crippen molar-refractivity contribution in [2.24, 2.45) is 0 Å². The van der Waals surface area contributed by atoms with E-state index in [1.807, 2.05) is 0 Å². The molecule has 2 amide bonds. The summed E-state index contributed by atoms with van der Waals surface area (Å²) in [6, 6.07) is 9.92. The molecule has 38 heavy (non-hydrogen) atoms. The molecule has 0 saturated carbocycles. The van der Waals surface area contributed by atoms with Crippen LogP contribution in [-0.4, -0.2) is 72.5 Å². The number of piperazine rings is 1. The second-order valence-corrected chi connectivity index (χ2v) is 12.1. The number of carbonyl (C=O) groups excluding carboxylic acids is 2. The third-order valence-electron chi connectivity index (χ3n) is 5.90. The molecule has 1 fully saturated rings. The first-order chi connectivity index (χ1) is 17.7. The van der Waals surface area contributed by atoms with Gasteiger partial charge in [0, 0.05) is 36.8 Å². The highest BCUT2D eigenvalue weighted by molar-refractivity contribution is 7.89. The molecule has 1 aliphatic heterocycles. The average molecular weight is 567 g/mol. The molecule has 2 aromatic carbocycles. The maximum absolute atomic E-state index is 13.7. The number of nitro benzene ring substituents is 1. The van der Waals surface area contributed by atoms with Gasteiger partial charge in [-0.1, -0.05) is 41.9 Å². The standard InChI is InChI=1S/C25H31ClN4O7S/c1-17-16-28(13-14-29(17)24(32)37-25(2,3)4)23(31)20(15-18-9-5-6-10-19(18)26)27-38(35,36)22-12-8-7-11-21(22)30(33)34/h5-12,17,20,27H,13-16H2,1-4H3/t17-,20-/m0/s1. The molecule has 0 bridgehead atoms. The molecule has 2 aromatic rings. The lowest BCUT2D eigenvalue weighted by Gasteiger charge is -2.41. The lowest BCUT2D eigenvalue weighted by atomic mass is 10.0. The highest BCUT2D eigenvalue weighted by atomic mass is 35.5. The number of sulfonamides is 1. The Labute approximate surface area is 226 Å². The maximum Gasteiger partial charge on any atom is 0.410 e. The number of halogens is 1. The third-order valence-corrected chi connectivity index (χ3v) is 7.78. The number of ether oxygens (including phenoxy) is 1. The van der Waals surface area contributed by atoms with Gasteiger partial charge in [0.2, 0.25) is 15.9 Å². The van der Waals surface area contributed by atoms with Crippen molar-refractivity contribution in [3.8, 4) is 0 Å². The van der Waals surface area contributed by atoms with Gasteiger partial charge in [0.1, 0.15) is 11.6 Å². The summed E-state index contributed by atoms with van der Waals surface area (Å²) in [5.41, 5.74) is -0.760. The third kappa shape index (κ3) is 7.21. The second-order valence-electron chi connectivity index (χ2n) is 10.0. The van der Waals surface area contributed by atoms with Crippen LogP contribution in [0.3, 0.4) is 0 Å². The topological polar surface area (TPSA) is 139 Å². The van der Waals surface area contributed by atoms with Crippen LogP contribution in [0.2, 0.25) is 5.02 Å². The second kappa shape index (κ2) is 11.7. The highest BCUT2D eigenvalue weighted by Crippen LogP contribution is 2.25. The van der Waals surface area contributed by atoms with Gasteiger partial charge in [0.05, 0.1) is 4.92 Å². The van der Waals surface area contributed by atoms with Gasteiger partial charge in [0.25, 0.3) is 5.69 Å². The molecule has 3 rings (SSSR count). The summed E-state index contributed by atoms with van der Waals surface area (Å²) in [6.45, 7) is 7.54. The Morgan fingerprint density at radius 1 is 1.16 bits per heavy atom. The Morgan fingerprint density at radius 3 is 2.39 bits per heavy atom. The van der Waals surface area contributed by atoms with Crippen molar-refractivity contribution in [1.82, 2.24) is 14.5 Å². The van der Waals surface area contributed by atoms with Gasteiger partial charge in [-0.2, -0.15) is 4.72 Å². The molecule has 13 heteroatoms. The fourth-order valence-electron chi connectivity index (χ4n) is 4.12. The normalized spacial score (nSPS) is 17.1. The number of hydrogen-bond donors (Lipinski definition) is 1. The van der Waals surface area contributed by atoms with E-state index in [1.165, 1.54) is 21.9 Å². The molecule has 1 aliphatic rings. The van der Waals surface area contributed by atoms with E-state index in [0.717, 1.165) is 12.1 Å². The number of nitrogens with one attached hydrogen (secondary N) is 1. The fraction of sp³-hybridized carbons (Fsp3) is 0.440. The van der Waals surface area contributed by atoms with E-state index < -0.39 is 55.2 Å². The van der Waals surface area contributed by atoms with Gasteiger partial charge >= 0.3 is 6.09 Å². The highest BCUT2D eigenvalue weighted by Gasteiger charge is 2.37. The van der Waals surface area contributed by atoms with Crippen LogP contribution in [0.4, 0.5) is 10.5 Å². The lowest BCUT2D eigenvalue weighted by Crippen LogP contribution is -2.59. The molecular formula is C25H31ClN4O7S. The Balaban J connectivity index is 1.87. The number of amides is 2. The monoisotopic (exact) mass is 566 g/mol. The van der Waals surface area contributed by atoms with Gasteiger partial charge in [0.15, 0.2) is 4.90 Å².